The van der Waals surface area contributed by atoms with Crippen LogP contribution in [0, 0.1) is 0 Å². The predicted octanol–water partition coefficient (Wildman–Crippen LogP) is 3.54. The van der Waals surface area contributed by atoms with Crippen molar-refractivity contribution in [1.29, 1.82) is 0 Å². The van der Waals surface area contributed by atoms with Gasteiger partial charge in [-0.3, -0.25) is 4.90 Å². The standard InChI is InChI=1S/C14H20ClNO3/c1-14(2,3)16(13(18)19)12(8-9-17)10-4-6-11(15)7-5-10/h4-7,12,17H,8-9H2,1-3H3,(H,18,19)/t12-/m0/s1. The fourth-order valence-corrected chi connectivity index (χ4v) is 2.27. The number of aliphatic hydroxyl groups excluding tert-OH is 1. The molecule has 0 aliphatic heterocycles. The maximum absolute atomic E-state index is 11.5. The highest BCUT2D eigenvalue weighted by molar-refractivity contribution is 6.30. The van der Waals surface area contributed by atoms with Gasteiger partial charge in [-0.1, -0.05) is 23.7 Å². The monoisotopic (exact) mass is 285 g/mol. The molecule has 19 heavy (non-hydrogen) atoms. The van der Waals surface area contributed by atoms with Crippen molar-refractivity contribution < 1.29 is 15.0 Å². The van der Waals surface area contributed by atoms with E-state index in [4.69, 9.17) is 11.6 Å². The molecular weight excluding hydrogens is 266 g/mol. The van der Waals surface area contributed by atoms with E-state index in [0.717, 1.165) is 5.56 Å². The number of aliphatic hydroxyl groups is 1. The van der Waals surface area contributed by atoms with Gasteiger partial charge >= 0.3 is 6.09 Å². The molecule has 0 spiro atoms. The van der Waals surface area contributed by atoms with E-state index in [9.17, 15) is 15.0 Å². The summed E-state index contributed by atoms with van der Waals surface area (Å²) in [6, 6.07) is 6.66. The minimum atomic E-state index is -0.999. The molecule has 1 atom stereocenters. The number of benzene rings is 1. The highest BCUT2D eigenvalue weighted by Crippen LogP contribution is 2.31. The van der Waals surface area contributed by atoms with Crippen molar-refractivity contribution >= 4 is 17.7 Å². The summed E-state index contributed by atoms with van der Waals surface area (Å²) in [7, 11) is 0. The smallest absolute Gasteiger partial charge is 0.408 e. The van der Waals surface area contributed by atoms with Gasteiger partial charge in [0.1, 0.15) is 0 Å². The molecule has 0 heterocycles. The summed E-state index contributed by atoms with van der Waals surface area (Å²) in [5, 5.41) is 19.2. The van der Waals surface area contributed by atoms with Gasteiger partial charge in [0.05, 0.1) is 6.04 Å². The molecule has 1 amide bonds. The summed E-state index contributed by atoms with van der Waals surface area (Å²) >= 11 is 5.85. The lowest BCUT2D eigenvalue weighted by Gasteiger charge is -2.39. The van der Waals surface area contributed by atoms with Crippen molar-refractivity contribution in [1.82, 2.24) is 4.90 Å². The van der Waals surface area contributed by atoms with Crippen molar-refractivity contribution in [2.24, 2.45) is 0 Å². The Hall–Kier alpha value is -1.26. The molecule has 5 heteroatoms. The van der Waals surface area contributed by atoms with Crippen LogP contribution in [0.25, 0.3) is 0 Å². The summed E-state index contributed by atoms with van der Waals surface area (Å²) in [6.07, 6.45) is -0.647. The van der Waals surface area contributed by atoms with Gasteiger partial charge in [-0.25, -0.2) is 4.79 Å². The third-order valence-corrected chi connectivity index (χ3v) is 3.15. The molecule has 0 saturated carbocycles. The summed E-state index contributed by atoms with van der Waals surface area (Å²) in [4.78, 5) is 12.9. The van der Waals surface area contributed by atoms with Crippen molar-refractivity contribution in [2.45, 2.75) is 38.8 Å². The van der Waals surface area contributed by atoms with Crippen LogP contribution in [0.2, 0.25) is 5.02 Å². The number of amides is 1. The molecule has 0 aromatic heterocycles. The second-order valence-electron chi connectivity index (χ2n) is 5.40. The molecule has 1 aromatic carbocycles. The molecule has 1 rings (SSSR count). The summed E-state index contributed by atoms with van der Waals surface area (Å²) in [6.45, 7) is 5.43. The zero-order valence-corrected chi connectivity index (χ0v) is 12.2. The lowest BCUT2D eigenvalue weighted by Crippen LogP contribution is -2.47. The van der Waals surface area contributed by atoms with E-state index in [1.807, 2.05) is 20.8 Å². The number of hydrogen-bond donors (Lipinski definition) is 2. The van der Waals surface area contributed by atoms with Gasteiger partial charge in [0, 0.05) is 17.2 Å². The van der Waals surface area contributed by atoms with Crippen LogP contribution in [0.15, 0.2) is 24.3 Å². The number of hydrogen-bond acceptors (Lipinski definition) is 2. The highest BCUT2D eigenvalue weighted by Gasteiger charge is 2.33. The number of carboxylic acid groups (broad SMARTS) is 1. The van der Waals surface area contributed by atoms with Gasteiger partial charge in [0.25, 0.3) is 0 Å². The Balaban J connectivity index is 3.17. The van der Waals surface area contributed by atoms with Gasteiger partial charge in [0.15, 0.2) is 0 Å². The molecule has 0 bridgehead atoms. The van der Waals surface area contributed by atoms with E-state index in [1.54, 1.807) is 24.3 Å². The predicted molar refractivity (Wildman–Crippen MR) is 75.5 cm³/mol. The Kier molecular flexibility index (Phi) is 5.20. The molecule has 106 valence electrons. The Morgan fingerprint density at radius 3 is 2.21 bits per heavy atom. The van der Waals surface area contributed by atoms with Crippen LogP contribution in [0.3, 0.4) is 0 Å². The maximum Gasteiger partial charge on any atom is 0.408 e. The summed E-state index contributed by atoms with van der Waals surface area (Å²) < 4.78 is 0. The second kappa shape index (κ2) is 6.26. The Morgan fingerprint density at radius 1 is 1.32 bits per heavy atom. The minimum Gasteiger partial charge on any atom is -0.465 e. The fourth-order valence-electron chi connectivity index (χ4n) is 2.14. The topological polar surface area (TPSA) is 60.8 Å². The molecule has 1 aromatic rings. The highest BCUT2D eigenvalue weighted by atomic mass is 35.5. The van der Waals surface area contributed by atoms with Crippen LogP contribution in [-0.4, -0.2) is 33.4 Å². The third kappa shape index (κ3) is 4.11. The van der Waals surface area contributed by atoms with Crippen LogP contribution in [-0.2, 0) is 0 Å². The van der Waals surface area contributed by atoms with E-state index in [0.29, 0.717) is 11.4 Å². The quantitative estimate of drug-likeness (QED) is 0.889. The van der Waals surface area contributed by atoms with Crippen LogP contribution in [0.4, 0.5) is 4.79 Å². The first-order valence-corrected chi connectivity index (χ1v) is 6.53. The maximum atomic E-state index is 11.5. The summed E-state index contributed by atoms with van der Waals surface area (Å²) in [5.41, 5.74) is 0.279. The summed E-state index contributed by atoms with van der Waals surface area (Å²) in [5.74, 6) is 0. The first kappa shape index (κ1) is 15.8. The van der Waals surface area contributed by atoms with E-state index in [1.165, 1.54) is 4.90 Å². The molecule has 0 saturated heterocycles. The molecule has 0 aliphatic carbocycles. The Morgan fingerprint density at radius 2 is 1.84 bits per heavy atom. The van der Waals surface area contributed by atoms with Crippen molar-refractivity contribution in [3.63, 3.8) is 0 Å². The zero-order chi connectivity index (χ0) is 14.6. The Bertz CT molecular complexity index is 425. The van der Waals surface area contributed by atoms with Crippen molar-refractivity contribution in [2.75, 3.05) is 6.61 Å². The molecule has 0 radical (unpaired) electrons. The lowest BCUT2D eigenvalue weighted by molar-refractivity contribution is 0.0602. The van der Waals surface area contributed by atoms with Crippen molar-refractivity contribution in [3.05, 3.63) is 34.9 Å². The molecule has 4 nitrogen and oxygen atoms in total. The normalized spacial score (nSPS) is 13.1. The van der Waals surface area contributed by atoms with Crippen LogP contribution < -0.4 is 0 Å². The van der Waals surface area contributed by atoms with E-state index < -0.39 is 11.6 Å². The van der Waals surface area contributed by atoms with E-state index in [2.05, 4.69) is 0 Å². The Labute approximate surface area is 118 Å². The zero-order valence-electron chi connectivity index (χ0n) is 11.4. The number of carbonyl (C=O) groups is 1. The SMILES string of the molecule is CC(C)(C)N(C(=O)O)[C@@H](CCO)c1ccc(Cl)cc1. The van der Waals surface area contributed by atoms with Gasteiger partial charge < -0.3 is 10.2 Å². The third-order valence-electron chi connectivity index (χ3n) is 2.90. The van der Waals surface area contributed by atoms with E-state index in [-0.39, 0.29) is 12.6 Å². The van der Waals surface area contributed by atoms with Gasteiger partial charge in [-0.15, -0.1) is 0 Å². The van der Waals surface area contributed by atoms with E-state index >= 15 is 0 Å². The first-order chi connectivity index (χ1) is 8.77. The average Bonchev–Trinajstić information content (AvgIpc) is 2.27. The van der Waals surface area contributed by atoms with Gasteiger partial charge in [0.2, 0.25) is 0 Å². The lowest BCUT2D eigenvalue weighted by atomic mass is 9.96. The largest absolute Gasteiger partial charge is 0.465 e. The number of rotatable bonds is 4. The second-order valence-corrected chi connectivity index (χ2v) is 5.84. The molecule has 0 aliphatic rings. The molecular formula is C14H20ClNO3. The number of halogens is 1. The first-order valence-electron chi connectivity index (χ1n) is 6.16. The fraction of sp³-hybridized carbons (Fsp3) is 0.500. The van der Waals surface area contributed by atoms with Gasteiger partial charge in [-0.05, 0) is 44.9 Å². The van der Waals surface area contributed by atoms with Crippen molar-refractivity contribution in [3.8, 4) is 0 Å². The van der Waals surface area contributed by atoms with Crippen LogP contribution in [0.1, 0.15) is 38.8 Å². The van der Waals surface area contributed by atoms with Crippen LogP contribution >= 0.6 is 11.6 Å². The van der Waals surface area contributed by atoms with Gasteiger partial charge in [-0.2, -0.15) is 0 Å². The van der Waals surface area contributed by atoms with Crippen LogP contribution in [0.5, 0.6) is 0 Å². The average molecular weight is 286 g/mol. The minimum absolute atomic E-state index is 0.0762. The molecule has 2 N–H and O–H groups in total. The molecule has 0 unspecified atom stereocenters. The molecule has 0 fully saturated rings. The number of nitrogens with zero attached hydrogens (tertiary/aromatic N) is 1.